The molecule has 6 rings (SSSR count). The van der Waals surface area contributed by atoms with Gasteiger partial charge in [-0.2, -0.15) is 0 Å². The molecule has 3 nitrogen and oxygen atoms in total. The molecule has 0 saturated carbocycles. The Morgan fingerprint density at radius 2 is 1.40 bits per heavy atom. The first-order valence-corrected chi connectivity index (χ1v) is 10.3. The van der Waals surface area contributed by atoms with Crippen molar-refractivity contribution in [2.45, 2.75) is 12.8 Å². The summed E-state index contributed by atoms with van der Waals surface area (Å²) in [5.41, 5.74) is 2.86. The van der Waals surface area contributed by atoms with E-state index >= 15 is 0 Å². The van der Waals surface area contributed by atoms with Gasteiger partial charge in [0, 0.05) is 17.0 Å². The summed E-state index contributed by atoms with van der Waals surface area (Å²) in [6.07, 6.45) is 8.37. The zero-order chi connectivity index (χ0) is 19.9. The Morgan fingerprint density at radius 3 is 2.33 bits per heavy atom. The van der Waals surface area contributed by atoms with Crippen LogP contribution in [0.4, 0.5) is 0 Å². The summed E-state index contributed by atoms with van der Waals surface area (Å²) < 4.78 is 0. The number of hydrogen-bond donors (Lipinski definition) is 0. The van der Waals surface area contributed by atoms with E-state index in [4.69, 9.17) is 9.97 Å². The predicted octanol–water partition coefficient (Wildman–Crippen LogP) is 4.87. The van der Waals surface area contributed by atoms with Crippen molar-refractivity contribution in [3.63, 3.8) is 0 Å². The quantitative estimate of drug-likeness (QED) is 0.407. The van der Waals surface area contributed by atoms with Crippen LogP contribution in [0.25, 0.3) is 56.5 Å². The molecule has 142 valence electrons. The molecule has 5 aromatic rings. The van der Waals surface area contributed by atoms with E-state index in [9.17, 15) is 0 Å². The van der Waals surface area contributed by atoms with E-state index in [0.717, 1.165) is 40.4 Å². The lowest BCUT2D eigenvalue weighted by molar-refractivity contribution is 1.03. The molecule has 30 heavy (non-hydrogen) atoms. The van der Waals surface area contributed by atoms with Crippen molar-refractivity contribution in [3.8, 4) is 22.8 Å². The normalized spacial score (nSPS) is 12.9. The summed E-state index contributed by atoms with van der Waals surface area (Å²) in [6, 6.07) is 25.4. The summed E-state index contributed by atoms with van der Waals surface area (Å²) in [5, 5.41) is 7.05. The van der Waals surface area contributed by atoms with Crippen LogP contribution in [0.1, 0.15) is 12.8 Å². The molecule has 0 spiro atoms. The average Bonchev–Trinajstić information content (AvgIpc) is 2.83. The summed E-state index contributed by atoms with van der Waals surface area (Å²) in [7, 11) is 0. The highest BCUT2D eigenvalue weighted by Crippen LogP contribution is 2.34. The lowest BCUT2D eigenvalue weighted by Crippen LogP contribution is -2.31. The number of benzene rings is 3. The van der Waals surface area contributed by atoms with E-state index in [1.165, 1.54) is 21.5 Å². The number of fused-ring (bicyclic) bond motifs is 4. The topological polar surface area (TPSA) is 38.7 Å². The second-order valence-electron chi connectivity index (χ2n) is 7.62. The summed E-state index contributed by atoms with van der Waals surface area (Å²) in [4.78, 5) is 14.3. The van der Waals surface area contributed by atoms with Gasteiger partial charge in [0.15, 0.2) is 5.82 Å². The van der Waals surface area contributed by atoms with E-state index in [2.05, 4.69) is 77.8 Å². The Bertz CT molecular complexity index is 1550. The van der Waals surface area contributed by atoms with E-state index in [0.29, 0.717) is 5.82 Å². The van der Waals surface area contributed by atoms with Crippen molar-refractivity contribution in [3.05, 3.63) is 89.6 Å². The number of nitrogens with zero attached hydrogens (tertiary/aromatic N) is 3. The maximum atomic E-state index is 4.97. The Hall–Kier alpha value is -3.85. The minimum atomic E-state index is 0.673. The van der Waals surface area contributed by atoms with Gasteiger partial charge in [-0.3, -0.25) is 0 Å². The third-order valence-corrected chi connectivity index (χ3v) is 5.74. The molecule has 0 N–H and O–H groups in total. The lowest BCUT2D eigenvalue weighted by atomic mass is 9.95. The number of pyridine rings is 1. The number of hydrogen-bond acceptors (Lipinski definition) is 3. The van der Waals surface area contributed by atoms with Gasteiger partial charge >= 0.3 is 0 Å². The predicted molar refractivity (Wildman–Crippen MR) is 123 cm³/mol. The van der Waals surface area contributed by atoms with Crippen LogP contribution in [-0.2, 0) is 0 Å². The van der Waals surface area contributed by atoms with Gasteiger partial charge in [-0.1, -0.05) is 66.7 Å². The van der Waals surface area contributed by atoms with E-state index in [1.807, 2.05) is 18.3 Å². The molecule has 0 fully saturated rings. The number of aromatic nitrogens is 3. The maximum absolute atomic E-state index is 4.97. The molecule has 2 heterocycles. The van der Waals surface area contributed by atoms with Crippen LogP contribution in [0.5, 0.6) is 0 Å². The first-order chi connectivity index (χ1) is 14.9. The summed E-state index contributed by atoms with van der Waals surface area (Å²) in [5.74, 6) is 0.673. The minimum absolute atomic E-state index is 0.673. The van der Waals surface area contributed by atoms with Crippen LogP contribution in [0, 0.1) is 0 Å². The highest BCUT2D eigenvalue weighted by atomic mass is 14.9. The molecule has 0 unspecified atom stereocenters. The Balaban J connectivity index is 1.57. The molecular weight excluding hydrogens is 366 g/mol. The zero-order valence-corrected chi connectivity index (χ0v) is 16.4. The molecule has 0 bridgehead atoms. The fourth-order valence-electron chi connectivity index (χ4n) is 4.28. The second-order valence-corrected chi connectivity index (χ2v) is 7.62. The molecule has 0 amide bonds. The average molecular weight is 385 g/mol. The van der Waals surface area contributed by atoms with Crippen LogP contribution in [-0.4, -0.2) is 15.0 Å². The highest BCUT2D eigenvalue weighted by molar-refractivity contribution is 6.13. The van der Waals surface area contributed by atoms with Gasteiger partial charge in [-0.05, 0) is 52.6 Å². The van der Waals surface area contributed by atoms with Gasteiger partial charge in [0.25, 0.3) is 0 Å². The Kier molecular flexibility index (Phi) is 3.91. The molecular formula is C27H19N3. The summed E-state index contributed by atoms with van der Waals surface area (Å²) in [6.45, 7) is 0. The fourth-order valence-corrected chi connectivity index (χ4v) is 4.28. The third kappa shape index (κ3) is 2.79. The molecule has 0 aliphatic heterocycles. The lowest BCUT2D eigenvalue weighted by Gasteiger charge is -2.11. The van der Waals surface area contributed by atoms with E-state index in [-0.39, 0.29) is 0 Å². The van der Waals surface area contributed by atoms with Gasteiger partial charge in [0.05, 0.1) is 11.0 Å². The molecule has 2 aromatic heterocycles. The molecule has 1 aliphatic carbocycles. The smallest absolute Gasteiger partial charge is 0.178 e. The second kappa shape index (κ2) is 6.89. The standard InChI is InChI=1S/C27H19N3/c1-3-10-20-18(8-1)16-23(22-12-5-4-11-21(20)22)25-14-7-15-26(29-25)27-28-17-19-9-2-6-13-24(19)30-27/h1,3-5,7-17H,2,6H2. The fraction of sp³-hybridized carbons (Fsp3) is 0.0741. The molecule has 3 aromatic carbocycles. The first-order valence-electron chi connectivity index (χ1n) is 10.3. The van der Waals surface area contributed by atoms with Crippen LogP contribution in [0.2, 0.25) is 0 Å². The third-order valence-electron chi connectivity index (χ3n) is 5.74. The van der Waals surface area contributed by atoms with Crippen molar-refractivity contribution in [2.24, 2.45) is 0 Å². The first kappa shape index (κ1) is 17.0. The van der Waals surface area contributed by atoms with Crippen molar-refractivity contribution < 1.29 is 0 Å². The van der Waals surface area contributed by atoms with Gasteiger partial charge in [-0.25, -0.2) is 15.0 Å². The molecule has 0 saturated heterocycles. The Morgan fingerprint density at radius 1 is 0.633 bits per heavy atom. The van der Waals surface area contributed by atoms with Crippen LogP contribution in [0.3, 0.4) is 0 Å². The maximum Gasteiger partial charge on any atom is 0.178 e. The van der Waals surface area contributed by atoms with Gasteiger partial charge in [0.1, 0.15) is 5.69 Å². The molecule has 0 atom stereocenters. The Labute approximate surface area is 174 Å². The minimum Gasteiger partial charge on any atom is -0.244 e. The zero-order valence-electron chi connectivity index (χ0n) is 16.4. The van der Waals surface area contributed by atoms with Crippen molar-refractivity contribution in [1.82, 2.24) is 15.0 Å². The van der Waals surface area contributed by atoms with Crippen molar-refractivity contribution in [1.29, 1.82) is 0 Å². The van der Waals surface area contributed by atoms with Crippen molar-refractivity contribution >= 4 is 33.7 Å². The summed E-state index contributed by atoms with van der Waals surface area (Å²) >= 11 is 0. The van der Waals surface area contributed by atoms with Crippen LogP contribution < -0.4 is 10.6 Å². The van der Waals surface area contributed by atoms with Gasteiger partial charge < -0.3 is 0 Å². The monoisotopic (exact) mass is 385 g/mol. The van der Waals surface area contributed by atoms with Gasteiger partial charge in [-0.15, -0.1) is 0 Å². The van der Waals surface area contributed by atoms with E-state index in [1.54, 1.807) is 0 Å². The molecule has 1 aliphatic rings. The molecule has 3 heteroatoms. The largest absolute Gasteiger partial charge is 0.244 e. The number of rotatable bonds is 2. The van der Waals surface area contributed by atoms with E-state index < -0.39 is 0 Å². The van der Waals surface area contributed by atoms with Crippen molar-refractivity contribution in [2.75, 3.05) is 0 Å². The SMILES string of the molecule is C1=c2cnc(-c3cccc(-c4cc5ccccc5c5ccccc45)n3)nc2=CCC1. The van der Waals surface area contributed by atoms with Crippen LogP contribution in [0.15, 0.2) is 79.0 Å². The highest BCUT2D eigenvalue weighted by Gasteiger charge is 2.11. The van der Waals surface area contributed by atoms with Gasteiger partial charge in [0.2, 0.25) is 0 Å². The van der Waals surface area contributed by atoms with Crippen LogP contribution >= 0.6 is 0 Å². The molecule has 0 radical (unpaired) electrons.